The molecule has 2 aliphatic rings. The van der Waals surface area contributed by atoms with Crippen molar-refractivity contribution in [2.45, 2.75) is 82.6 Å². The summed E-state index contributed by atoms with van der Waals surface area (Å²) in [4.78, 5) is 15.4. The molecular weight excluding hydrogens is 474 g/mol. The average molecular weight is 522 g/mol. The standard InChI is InChI=1S/C28H47N3O4S/c1-21-18-27(35-5)19-22(2)28(21)36(33,34)31(4)17-13-26(32)20-24-8-6-23(7-9-24)10-14-29-25-11-15-30(3)16-12-25/h18-19,23-25,29H,6-17,20H2,1-5H3. The van der Waals surface area contributed by atoms with E-state index in [1.807, 2.05) is 0 Å². The van der Waals surface area contributed by atoms with Crippen LogP contribution >= 0.6 is 0 Å². The molecule has 204 valence electrons. The van der Waals surface area contributed by atoms with Gasteiger partial charge in [-0.2, -0.15) is 0 Å². The van der Waals surface area contributed by atoms with Gasteiger partial charge in [-0.25, -0.2) is 12.7 Å². The molecular formula is C28H47N3O4S. The number of methoxy groups -OCH3 is 1. The van der Waals surface area contributed by atoms with Crippen LogP contribution in [0.15, 0.2) is 17.0 Å². The number of hydrogen-bond donors (Lipinski definition) is 1. The van der Waals surface area contributed by atoms with Crippen molar-refractivity contribution in [1.29, 1.82) is 0 Å². The fourth-order valence-corrected chi connectivity index (χ4v) is 7.42. The van der Waals surface area contributed by atoms with E-state index in [2.05, 4.69) is 17.3 Å². The van der Waals surface area contributed by atoms with Crippen molar-refractivity contribution in [2.75, 3.05) is 47.4 Å². The Bertz CT molecular complexity index is 942. The van der Waals surface area contributed by atoms with Crippen LogP contribution in [0, 0.1) is 25.7 Å². The van der Waals surface area contributed by atoms with Crippen LogP contribution in [0.1, 0.15) is 68.9 Å². The second-order valence-electron chi connectivity index (χ2n) is 11.1. The maximum Gasteiger partial charge on any atom is 0.243 e. The molecule has 0 bridgehead atoms. The number of sulfonamides is 1. The number of aryl methyl sites for hydroxylation is 2. The van der Waals surface area contributed by atoms with E-state index in [9.17, 15) is 13.2 Å². The number of nitrogens with zero attached hydrogens (tertiary/aromatic N) is 2. The summed E-state index contributed by atoms with van der Waals surface area (Å²) < 4.78 is 32.9. The van der Waals surface area contributed by atoms with Crippen molar-refractivity contribution in [2.24, 2.45) is 11.8 Å². The maximum atomic E-state index is 13.2. The molecule has 3 rings (SSSR count). The first kappa shape index (κ1) is 29.1. The molecule has 0 radical (unpaired) electrons. The SMILES string of the molecule is COc1cc(C)c(S(=O)(=O)N(C)CCC(=O)CC2CCC(CCNC3CCN(C)CC3)CC2)c(C)c1. The molecule has 2 fully saturated rings. The van der Waals surface area contributed by atoms with Crippen LogP contribution in [0.2, 0.25) is 0 Å². The monoisotopic (exact) mass is 521 g/mol. The van der Waals surface area contributed by atoms with Crippen LogP contribution < -0.4 is 10.1 Å². The molecule has 1 saturated carbocycles. The van der Waals surface area contributed by atoms with Crippen molar-refractivity contribution in [3.05, 3.63) is 23.3 Å². The highest BCUT2D eigenvalue weighted by atomic mass is 32.2. The summed E-state index contributed by atoms with van der Waals surface area (Å²) in [6.07, 6.45) is 9.22. The quantitative estimate of drug-likeness (QED) is 0.445. The van der Waals surface area contributed by atoms with Gasteiger partial charge in [-0.15, -0.1) is 0 Å². The predicted molar refractivity (Wildman–Crippen MR) is 145 cm³/mol. The average Bonchev–Trinajstić information content (AvgIpc) is 2.84. The van der Waals surface area contributed by atoms with Gasteiger partial charge in [0.1, 0.15) is 11.5 Å². The largest absolute Gasteiger partial charge is 0.497 e. The number of ether oxygens (including phenoxy) is 1. The molecule has 1 N–H and O–H groups in total. The summed E-state index contributed by atoms with van der Waals surface area (Å²) in [5.74, 6) is 2.03. The molecule has 7 nitrogen and oxygen atoms in total. The zero-order valence-corrected chi connectivity index (χ0v) is 23.8. The Kier molecular flexibility index (Phi) is 10.8. The molecule has 8 heteroatoms. The number of benzene rings is 1. The van der Waals surface area contributed by atoms with Crippen LogP contribution in [-0.2, 0) is 14.8 Å². The molecule has 0 aromatic heterocycles. The molecule has 36 heavy (non-hydrogen) atoms. The van der Waals surface area contributed by atoms with E-state index in [1.54, 1.807) is 40.1 Å². The van der Waals surface area contributed by atoms with Crippen molar-refractivity contribution >= 4 is 15.8 Å². The van der Waals surface area contributed by atoms with Gasteiger partial charge in [-0.05, 0) is 108 Å². The maximum absolute atomic E-state index is 13.2. The first-order valence-electron chi connectivity index (χ1n) is 13.6. The fourth-order valence-electron chi connectivity index (χ4n) is 5.85. The van der Waals surface area contributed by atoms with E-state index in [4.69, 9.17) is 4.74 Å². The molecule has 1 aromatic carbocycles. The first-order chi connectivity index (χ1) is 17.1. The number of hydrogen-bond acceptors (Lipinski definition) is 6. The number of carbonyl (C=O) groups is 1. The fraction of sp³-hybridized carbons (Fsp3) is 0.750. The zero-order valence-electron chi connectivity index (χ0n) is 23.0. The number of carbonyl (C=O) groups excluding carboxylic acids is 1. The summed E-state index contributed by atoms with van der Waals surface area (Å²) in [5, 5.41) is 3.76. The molecule has 1 saturated heterocycles. The molecule has 0 unspecified atom stereocenters. The highest BCUT2D eigenvalue weighted by molar-refractivity contribution is 7.89. The van der Waals surface area contributed by atoms with Gasteiger partial charge in [0.15, 0.2) is 0 Å². The van der Waals surface area contributed by atoms with E-state index in [-0.39, 0.29) is 18.7 Å². The minimum Gasteiger partial charge on any atom is -0.497 e. The van der Waals surface area contributed by atoms with Gasteiger partial charge in [0, 0.05) is 32.5 Å². The summed E-state index contributed by atoms with van der Waals surface area (Å²) in [6, 6.07) is 4.15. The Morgan fingerprint density at radius 2 is 1.64 bits per heavy atom. The lowest BCUT2D eigenvalue weighted by Gasteiger charge is -2.31. The lowest BCUT2D eigenvalue weighted by atomic mass is 9.78. The van der Waals surface area contributed by atoms with Crippen molar-refractivity contribution in [1.82, 2.24) is 14.5 Å². The highest BCUT2D eigenvalue weighted by Crippen LogP contribution is 2.33. The number of piperidine rings is 1. The number of Topliss-reactive ketones (excluding diaryl/α,β-unsaturated/α-hetero) is 1. The van der Waals surface area contributed by atoms with Crippen LogP contribution in [0.25, 0.3) is 0 Å². The van der Waals surface area contributed by atoms with E-state index < -0.39 is 10.0 Å². The normalized spacial score (nSPS) is 22.2. The second-order valence-corrected chi connectivity index (χ2v) is 13.1. The third kappa shape index (κ3) is 8.01. The topological polar surface area (TPSA) is 79.0 Å². The molecule has 1 aliphatic carbocycles. The minimum atomic E-state index is -3.66. The smallest absolute Gasteiger partial charge is 0.243 e. The van der Waals surface area contributed by atoms with Crippen LogP contribution in [-0.4, -0.2) is 76.8 Å². The van der Waals surface area contributed by atoms with Crippen molar-refractivity contribution < 1.29 is 17.9 Å². The Balaban J connectivity index is 1.37. The van der Waals surface area contributed by atoms with Gasteiger partial charge in [0.2, 0.25) is 10.0 Å². The first-order valence-corrected chi connectivity index (χ1v) is 15.1. The van der Waals surface area contributed by atoms with Crippen LogP contribution in [0.4, 0.5) is 0 Å². The summed E-state index contributed by atoms with van der Waals surface area (Å²) in [7, 11) is 1.67. The predicted octanol–water partition coefficient (Wildman–Crippen LogP) is 4.16. The van der Waals surface area contributed by atoms with E-state index >= 15 is 0 Å². The second kappa shape index (κ2) is 13.4. The number of rotatable bonds is 12. The van der Waals surface area contributed by atoms with Gasteiger partial charge >= 0.3 is 0 Å². The zero-order chi connectivity index (χ0) is 26.3. The number of nitrogens with one attached hydrogen (secondary N) is 1. The minimum absolute atomic E-state index is 0.174. The molecule has 0 atom stereocenters. The molecule has 1 aromatic rings. The van der Waals surface area contributed by atoms with Crippen molar-refractivity contribution in [3.63, 3.8) is 0 Å². The van der Waals surface area contributed by atoms with E-state index in [1.165, 1.54) is 49.5 Å². The summed E-state index contributed by atoms with van der Waals surface area (Å²) in [5.41, 5.74) is 1.31. The third-order valence-electron chi connectivity index (χ3n) is 8.23. The summed E-state index contributed by atoms with van der Waals surface area (Å²) in [6.45, 7) is 7.27. The molecule has 1 aliphatic heterocycles. The third-order valence-corrected chi connectivity index (χ3v) is 10.4. The van der Waals surface area contributed by atoms with Crippen molar-refractivity contribution in [3.8, 4) is 5.75 Å². The Hall–Kier alpha value is -1.48. The highest BCUT2D eigenvalue weighted by Gasteiger charge is 2.27. The Labute approximate surface area is 219 Å². The van der Waals surface area contributed by atoms with Crippen LogP contribution in [0.3, 0.4) is 0 Å². The van der Waals surface area contributed by atoms with E-state index in [0.29, 0.717) is 40.2 Å². The van der Waals surface area contributed by atoms with Gasteiger partial charge in [0.25, 0.3) is 0 Å². The number of likely N-dealkylation sites (tertiary alicyclic amines) is 1. The molecule has 0 amide bonds. The Morgan fingerprint density at radius 1 is 1.06 bits per heavy atom. The van der Waals surface area contributed by atoms with Gasteiger partial charge in [-0.1, -0.05) is 12.8 Å². The Morgan fingerprint density at radius 3 is 2.22 bits per heavy atom. The number of ketones is 1. The van der Waals surface area contributed by atoms with E-state index in [0.717, 1.165) is 25.3 Å². The van der Waals surface area contributed by atoms with Gasteiger partial charge < -0.3 is 15.0 Å². The summed E-state index contributed by atoms with van der Waals surface area (Å²) >= 11 is 0. The molecule has 1 heterocycles. The lowest BCUT2D eigenvalue weighted by Crippen LogP contribution is -2.41. The lowest BCUT2D eigenvalue weighted by molar-refractivity contribution is -0.120. The molecule has 0 spiro atoms. The van der Waals surface area contributed by atoms with Crippen LogP contribution in [0.5, 0.6) is 5.75 Å². The van der Waals surface area contributed by atoms with Gasteiger partial charge in [0.05, 0.1) is 12.0 Å². The van der Waals surface area contributed by atoms with Gasteiger partial charge in [-0.3, -0.25) is 4.79 Å².